The number of nitrogens with one attached hydrogen (secondary N) is 1. The van der Waals surface area contributed by atoms with Crippen molar-refractivity contribution in [3.8, 4) is 11.1 Å². The van der Waals surface area contributed by atoms with Gasteiger partial charge in [0.25, 0.3) is 0 Å². The van der Waals surface area contributed by atoms with Gasteiger partial charge < -0.3 is 19.0 Å². The van der Waals surface area contributed by atoms with Crippen molar-refractivity contribution in [1.82, 2.24) is 14.9 Å². The zero-order valence-electron chi connectivity index (χ0n) is 23.2. The first-order valence-corrected chi connectivity index (χ1v) is 13.2. The highest BCUT2D eigenvalue weighted by Gasteiger charge is 2.51. The quantitative estimate of drug-likeness (QED) is 0.454. The third-order valence-corrected chi connectivity index (χ3v) is 7.72. The van der Waals surface area contributed by atoms with Crippen molar-refractivity contribution in [2.45, 2.75) is 84.7 Å². The minimum atomic E-state index is -0.534. The lowest BCUT2D eigenvalue weighted by molar-refractivity contribution is 0.00578. The molecule has 0 bridgehead atoms. The van der Waals surface area contributed by atoms with E-state index in [-0.39, 0.29) is 30.5 Å². The van der Waals surface area contributed by atoms with Gasteiger partial charge in [0.2, 0.25) is 0 Å². The molecule has 0 saturated carbocycles. The van der Waals surface area contributed by atoms with Crippen LogP contribution in [0.4, 0.5) is 4.79 Å². The smallest absolute Gasteiger partial charge is 0.444 e. The highest BCUT2D eigenvalue weighted by Crippen LogP contribution is 2.38. The van der Waals surface area contributed by atoms with Crippen molar-refractivity contribution in [2.75, 3.05) is 6.54 Å². The van der Waals surface area contributed by atoms with E-state index in [1.807, 2.05) is 31.7 Å². The van der Waals surface area contributed by atoms with Crippen LogP contribution in [0.1, 0.15) is 73.7 Å². The van der Waals surface area contributed by atoms with Crippen LogP contribution in [0.25, 0.3) is 22.2 Å². The van der Waals surface area contributed by atoms with E-state index in [4.69, 9.17) is 19.0 Å². The second kappa shape index (κ2) is 8.88. The molecule has 1 aromatic heterocycles. The highest BCUT2D eigenvalue weighted by atomic mass is 16.7. The standard InChI is InChI=1S/C29H38BN3O4/c1-18-15-24(33(17-18)26(34)35-27(2,3)4)25-31-22-14-11-20(16-23(22)32-25)19-9-12-21(13-10-19)30-36-28(5,6)29(7,8)37-30/h9-14,16,18,24H,15,17H2,1-8H3,(H,31,32). The summed E-state index contributed by atoms with van der Waals surface area (Å²) in [5.41, 5.74) is 3.77. The zero-order chi connectivity index (χ0) is 26.8. The van der Waals surface area contributed by atoms with Crippen LogP contribution in [-0.4, -0.2) is 51.4 Å². The Hall–Kier alpha value is -2.84. The number of aromatic amines is 1. The van der Waals surface area contributed by atoms with E-state index in [0.29, 0.717) is 12.5 Å². The molecule has 3 heterocycles. The first-order valence-electron chi connectivity index (χ1n) is 13.2. The van der Waals surface area contributed by atoms with E-state index < -0.39 is 5.60 Å². The topological polar surface area (TPSA) is 76.7 Å². The summed E-state index contributed by atoms with van der Waals surface area (Å²) >= 11 is 0. The molecular weight excluding hydrogens is 465 g/mol. The number of rotatable bonds is 3. The molecule has 2 unspecified atom stereocenters. The zero-order valence-corrected chi connectivity index (χ0v) is 23.2. The second-order valence-corrected chi connectivity index (χ2v) is 12.6. The fourth-order valence-electron chi connectivity index (χ4n) is 5.01. The number of benzene rings is 2. The van der Waals surface area contributed by atoms with E-state index in [2.05, 4.69) is 76.0 Å². The SMILES string of the molecule is CC1CC(c2nc3ccc(-c4ccc(B5OC(C)(C)C(C)(C)O5)cc4)cc3[nH]2)N(C(=O)OC(C)(C)C)C1. The first kappa shape index (κ1) is 25.8. The average Bonchev–Trinajstić information content (AvgIpc) is 3.45. The molecule has 2 atom stereocenters. The number of aromatic nitrogens is 2. The van der Waals surface area contributed by atoms with Crippen LogP contribution in [0.3, 0.4) is 0 Å². The number of nitrogens with zero attached hydrogens (tertiary/aromatic N) is 2. The minimum absolute atomic E-state index is 0.125. The summed E-state index contributed by atoms with van der Waals surface area (Å²) in [4.78, 5) is 23.0. The molecule has 0 radical (unpaired) electrons. The van der Waals surface area contributed by atoms with Crippen molar-refractivity contribution in [3.63, 3.8) is 0 Å². The molecule has 2 fully saturated rings. The van der Waals surface area contributed by atoms with Gasteiger partial charge in [0, 0.05) is 6.54 Å². The van der Waals surface area contributed by atoms with E-state index in [0.717, 1.165) is 39.9 Å². The van der Waals surface area contributed by atoms with E-state index in [1.165, 1.54) is 0 Å². The number of fused-ring (bicyclic) bond motifs is 1. The number of carbonyl (C=O) groups excluding carboxylic acids is 1. The Bertz CT molecular complexity index is 1290. The molecule has 0 aliphatic carbocycles. The van der Waals surface area contributed by atoms with Gasteiger partial charge in [-0.15, -0.1) is 0 Å². The summed E-state index contributed by atoms with van der Waals surface area (Å²) < 4.78 is 18.1. The molecule has 3 aromatic rings. The molecule has 0 spiro atoms. The van der Waals surface area contributed by atoms with Crippen molar-refractivity contribution in [1.29, 1.82) is 0 Å². The number of likely N-dealkylation sites (tertiary alicyclic amines) is 1. The largest absolute Gasteiger partial charge is 0.494 e. The molecule has 5 rings (SSSR count). The third-order valence-electron chi connectivity index (χ3n) is 7.72. The van der Waals surface area contributed by atoms with Crippen LogP contribution < -0.4 is 5.46 Å². The first-order chi connectivity index (χ1) is 17.2. The molecule has 37 heavy (non-hydrogen) atoms. The van der Waals surface area contributed by atoms with Crippen LogP contribution in [0.15, 0.2) is 42.5 Å². The van der Waals surface area contributed by atoms with Gasteiger partial charge >= 0.3 is 13.2 Å². The molecule has 1 amide bonds. The molecule has 8 heteroatoms. The maximum atomic E-state index is 12.9. The van der Waals surface area contributed by atoms with E-state index in [9.17, 15) is 4.79 Å². The lowest BCUT2D eigenvalue weighted by atomic mass is 9.78. The van der Waals surface area contributed by atoms with Crippen molar-refractivity contribution >= 4 is 29.7 Å². The number of amides is 1. The summed E-state index contributed by atoms with van der Waals surface area (Å²) in [7, 11) is -0.376. The molecule has 196 valence electrons. The fraction of sp³-hybridized carbons (Fsp3) is 0.517. The highest BCUT2D eigenvalue weighted by molar-refractivity contribution is 6.62. The number of carbonyl (C=O) groups is 1. The predicted octanol–water partition coefficient (Wildman–Crippen LogP) is 5.85. The summed E-state index contributed by atoms with van der Waals surface area (Å²) in [5.74, 6) is 1.18. The average molecular weight is 503 g/mol. The number of imidazole rings is 1. The van der Waals surface area contributed by atoms with Crippen LogP contribution in [0.5, 0.6) is 0 Å². The second-order valence-electron chi connectivity index (χ2n) is 12.6. The number of H-pyrrole nitrogens is 1. The maximum Gasteiger partial charge on any atom is 0.494 e. The predicted molar refractivity (Wildman–Crippen MR) is 147 cm³/mol. The van der Waals surface area contributed by atoms with E-state index >= 15 is 0 Å². The van der Waals surface area contributed by atoms with Gasteiger partial charge in [0.15, 0.2) is 0 Å². The van der Waals surface area contributed by atoms with Crippen molar-refractivity contribution in [2.24, 2.45) is 5.92 Å². The molecule has 2 aliphatic heterocycles. The summed E-state index contributed by atoms with van der Waals surface area (Å²) in [6, 6.07) is 14.4. The van der Waals surface area contributed by atoms with Crippen LogP contribution in [-0.2, 0) is 14.0 Å². The van der Waals surface area contributed by atoms with Crippen molar-refractivity contribution in [3.05, 3.63) is 48.3 Å². The normalized spacial score (nSPS) is 23.1. The van der Waals surface area contributed by atoms with Gasteiger partial charge in [-0.25, -0.2) is 9.78 Å². The molecular formula is C29H38BN3O4. The Kier molecular flexibility index (Phi) is 6.19. The molecule has 7 nitrogen and oxygen atoms in total. The Morgan fingerprint density at radius 3 is 2.30 bits per heavy atom. The summed E-state index contributed by atoms with van der Waals surface area (Å²) in [6.45, 7) is 16.8. The number of ether oxygens (including phenoxy) is 1. The van der Waals surface area contributed by atoms with Crippen LogP contribution in [0.2, 0.25) is 0 Å². The Labute approximate surface area is 220 Å². The molecule has 2 aromatic carbocycles. The molecule has 2 aliphatic rings. The Morgan fingerprint density at radius 2 is 1.68 bits per heavy atom. The van der Waals surface area contributed by atoms with Gasteiger partial charge in [0.05, 0.1) is 28.3 Å². The fourth-order valence-corrected chi connectivity index (χ4v) is 5.01. The van der Waals surface area contributed by atoms with E-state index in [1.54, 1.807) is 0 Å². The maximum absolute atomic E-state index is 12.9. The van der Waals surface area contributed by atoms with Gasteiger partial charge in [-0.1, -0.05) is 37.3 Å². The number of hydrogen-bond acceptors (Lipinski definition) is 5. The summed E-state index contributed by atoms with van der Waals surface area (Å²) in [5, 5.41) is 0. The summed E-state index contributed by atoms with van der Waals surface area (Å²) in [6.07, 6.45) is 0.567. The van der Waals surface area contributed by atoms with Crippen LogP contribution >= 0.6 is 0 Å². The lowest BCUT2D eigenvalue weighted by Crippen LogP contribution is -2.41. The monoisotopic (exact) mass is 503 g/mol. The van der Waals surface area contributed by atoms with Crippen molar-refractivity contribution < 1.29 is 18.8 Å². The van der Waals surface area contributed by atoms with Gasteiger partial charge in [-0.05, 0) is 89.5 Å². The molecule has 2 saturated heterocycles. The Balaban J connectivity index is 1.37. The third kappa shape index (κ3) is 5.01. The van der Waals surface area contributed by atoms with Crippen LogP contribution in [0, 0.1) is 5.92 Å². The number of hydrogen-bond donors (Lipinski definition) is 1. The van der Waals surface area contributed by atoms with Gasteiger partial charge in [-0.3, -0.25) is 4.90 Å². The Morgan fingerprint density at radius 1 is 1.05 bits per heavy atom. The lowest BCUT2D eigenvalue weighted by Gasteiger charge is -2.32. The van der Waals surface area contributed by atoms with Gasteiger partial charge in [-0.2, -0.15) is 0 Å². The minimum Gasteiger partial charge on any atom is -0.444 e. The van der Waals surface area contributed by atoms with Gasteiger partial charge in [0.1, 0.15) is 11.4 Å². The molecule has 1 N–H and O–H groups in total.